The average Bonchev–Trinajstić information content (AvgIpc) is 2.33. The monoisotopic (exact) mass is 318 g/mol. The Bertz CT molecular complexity index is 544. The second-order valence-electron chi connectivity index (χ2n) is 5.10. The topological polar surface area (TPSA) is 63.4 Å². The Morgan fingerprint density at radius 1 is 1.30 bits per heavy atom. The fourth-order valence-corrected chi connectivity index (χ4v) is 4.01. The molecule has 1 aromatic rings. The van der Waals surface area contributed by atoms with Crippen LogP contribution in [-0.2, 0) is 10.0 Å². The van der Waals surface area contributed by atoms with E-state index in [4.69, 9.17) is 17.3 Å². The number of anilines is 1. The maximum atomic E-state index is 12.7. The van der Waals surface area contributed by atoms with Crippen LogP contribution >= 0.6 is 11.6 Å². The van der Waals surface area contributed by atoms with E-state index < -0.39 is 10.0 Å². The molecule has 114 valence electrons. The van der Waals surface area contributed by atoms with Crippen LogP contribution in [0.4, 0.5) is 5.69 Å². The van der Waals surface area contributed by atoms with Gasteiger partial charge in [-0.25, -0.2) is 8.42 Å². The van der Waals surface area contributed by atoms with Gasteiger partial charge in [0.05, 0.1) is 5.69 Å². The summed E-state index contributed by atoms with van der Waals surface area (Å²) in [5.41, 5.74) is 6.00. The number of nitrogens with zero attached hydrogens (tertiary/aromatic N) is 1. The maximum Gasteiger partial charge on any atom is 0.245 e. The van der Waals surface area contributed by atoms with Crippen LogP contribution in [0.15, 0.2) is 23.1 Å². The van der Waals surface area contributed by atoms with Crippen molar-refractivity contribution in [2.45, 2.75) is 51.0 Å². The summed E-state index contributed by atoms with van der Waals surface area (Å²) in [4.78, 5) is 0.132. The van der Waals surface area contributed by atoms with Crippen LogP contribution in [0.25, 0.3) is 0 Å². The highest BCUT2D eigenvalue weighted by Crippen LogP contribution is 2.26. The Balaban J connectivity index is 3.09. The normalized spacial score (nSPS) is 12.3. The summed E-state index contributed by atoms with van der Waals surface area (Å²) in [5, 5.41) is 0.434. The van der Waals surface area contributed by atoms with Crippen LogP contribution < -0.4 is 5.73 Å². The lowest BCUT2D eigenvalue weighted by atomic mass is 10.2. The van der Waals surface area contributed by atoms with Gasteiger partial charge in [-0.3, -0.25) is 0 Å². The van der Waals surface area contributed by atoms with E-state index in [2.05, 4.69) is 6.92 Å². The molecule has 0 heterocycles. The highest BCUT2D eigenvalue weighted by molar-refractivity contribution is 7.89. The van der Waals surface area contributed by atoms with Crippen LogP contribution in [0.1, 0.15) is 40.0 Å². The number of benzene rings is 1. The molecule has 0 atom stereocenters. The molecule has 0 bridgehead atoms. The standard InChI is InChI=1S/C14H23ClN2O2S/c1-4-5-6-9-17(11(2)3)20(18,19)14-8-7-12(15)10-13(14)16/h7-8,10-11H,4-6,9,16H2,1-3H3. The number of sulfonamides is 1. The molecule has 0 saturated carbocycles. The number of nitrogen functional groups attached to an aromatic ring is 1. The first kappa shape index (κ1) is 17.3. The first-order valence-electron chi connectivity index (χ1n) is 6.87. The second-order valence-corrected chi connectivity index (χ2v) is 7.39. The fraction of sp³-hybridized carbons (Fsp3) is 0.571. The molecule has 6 heteroatoms. The summed E-state index contributed by atoms with van der Waals surface area (Å²) in [6.45, 7) is 6.34. The molecule has 1 rings (SSSR count). The molecule has 20 heavy (non-hydrogen) atoms. The van der Waals surface area contributed by atoms with Gasteiger partial charge in [-0.2, -0.15) is 4.31 Å². The molecule has 0 saturated heterocycles. The van der Waals surface area contributed by atoms with Gasteiger partial charge in [0, 0.05) is 17.6 Å². The van der Waals surface area contributed by atoms with Gasteiger partial charge in [0.1, 0.15) is 4.90 Å². The zero-order chi connectivity index (χ0) is 15.3. The number of hydrogen-bond donors (Lipinski definition) is 1. The minimum absolute atomic E-state index is 0.105. The van der Waals surface area contributed by atoms with Crippen molar-refractivity contribution in [2.75, 3.05) is 12.3 Å². The summed E-state index contributed by atoms with van der Waals surface area (Å²) < 4.78 is 26.9. The van der Waals surface area contributed by atoms with Crippen LogP contribution in [0.5, 0.6) is 0 Å². The van der Waals surface area contributed by atoms with Crippen molar-refractivity contribution in [1.82, 2.24) is 4.31 Å². The number of halogens is 1. The lowest BCUT2D eigenvalue weighted by Gasteiger charge is -2.26. The van der Waals surface area contributed by atoms with Gasteiger partial charge >= 0.3 is 0 Å². The molecule has 1 aromatic carbocycles. The van der Waals surface area contributed by atoms with Gasteiger partial charge in [-0.15, -0.1) is 0 Å². The quantitative estimate of drug-likeness (QED) is 0.618. The van der Waals surface area contributed by atoms with E-state index in [0.29, 0.717) is 11.6 Å². The molecule has 0 aliphatic heterocycles. The Morgan fingerprint density at radius 3 is 2.45 bits per heavy atom. The summed E-state index contributed by atoms with van der Waals surface area (Å²) in [7, 11) is -3.58. The average molecular weight is 319 g/mol. The SMILES string of the molecule is CCCCCN(C(C)C)S(=O)(=O)c1ccc(Cl)cc1N. The number of rotatable bonds is 7. The first-order chi connectivity index (χ1) is 9.30. The predicted molar refractivity (Wildman–Crippen MR) is 84.4 cm³/mol. The summed E-state index contributed by atoms with van der Waals surface area (Å²) in [5.74, 6) is 0. The lowest BCUT2D eigenvalue weighted by molar-refractivity contribution is 0.346. The minimum Gasteiger partial charge on any atom is -0.398 e. The lowest BCUT2D eigenvalue weighted by Crippen LogP contribution is -2.38. The largest absolute Gasteiger partial charge is 0.398 e. The van der Waals surface area contributed by atoms with Crippen LogP contribution in [-0.4, -0.2) is 25.3 Å². The van der Waals surface area contributed by atoms with Crippen molar-refractivity contribution in [3.63, 3.8) is 0 Å². The Hall–Kier alpha value is -0.780. The van der Waals surface area contributed by atoms with Crippen molar-refractivity contribution in [3.05, 3.63) is 23.2 Å². The third-order valence-corrected chi connectivity index (χ3v) is 5.50. The zero-order valence-electron chi connectivity index (χ0n) is 12.3. The van der Waals surface area contributed by atoms with Gasteiger partial charge in [0.2, 0.25) is 10.0 Å². The third kappa shape index (κ3) is 4.11. The first-order valence-corrected chi connectivity index (χ1v) is 8.69. The van der Waals surface area contributed by atoms with Gasteiger partial charge in [0.25, 0.3) is 0 Å². The Kier molecular flexibility index (Phi) is 6.30. The molecule has 2 N–H and O–H groups in total. The Labute approximate surface area is 127 Å². The molecule has 0 spiro atoms. The Morgan fingerprint density at radius 2 is 1.95 bits per heavy atom. The van der Waals surface area contributed by atoms with E-state index in [1.54, 1.807) is 6.07 Å². The van der Waals surface area contributed by atoms with E-state index in [0.717, 1.165) is 19.3 Å². The molecular formula is C14H23ClN2O2S. The van der Waals surface area contributed by atoms with E-state index in [-0.39, 0.29) is 16.6 Å². The number of hydrogen-bond acceptors (Lipinski definition) is 3. The fourth-order valence-electron chi connectivity index (χ4n) is 2.05. The van der Waals surface area contributed by atoms with Crippen LogP contribution in [0.3, 0.4) is 0 Å². The van der Waals surface area contributed by atoms with Crippen molar-refractivity contribution in [3.8, 4) is 0 Å². The van der Waals surface area contributed by atoms with E-state index in [1.807, 2.05) is 13.8 Å². The van der Waals surface area contributed by atoms with Crippen molar-refractivity contribution < 1.29 is 8.42 Å². The van der Waals surface area contributed by atoms with E-state index >= 15 is 0 Å². The number of nitrogens with two attached hydrogens (primary N) is 1. The van der Waals surface area contributed by atoms with Crippen molar-refractivity contribution in [2.24, 2.45) is 0 Å². The third-order valence-electron chi connectivity index (χ3n) is 3.12. The van der Waals surface area contributed by atoms with E-state index in [9.17, 15) is 8.42 Å². The molecule has 4 nitrogen and oxygen atoms in total. The summed E-state index contributed by atoms with van der Waals surface area (Å²) in [6, 6.07) is 4.39. The highest BCUT2D eigenvalue weighted by atomic mass is 35.5. The zero-order valence-corrected chi connectivity index (χ0v) is 13.8. The smallest absolute Gasteiger partial charge is 0.245 e. The highest BCUT2D eigenvalue weighted by Gasteiger charge is 2.28. The van der Waals surface area contributed by atoms with Gasteiger partial charge in [-0.1, -0.05) is 31.4 Å². The molecule has 0 aromatic heterocycles. The van der Waals surface area contributed by atoms with Gasteiger partial charge < -0.3 is 5.73 Å². The maximum absolute atomic E-state index is 12.7. The van der Waals surface area contributed by atoms with Crippen LogP contribution in [0, 0.1) is 0 Å². The predicted octanol–water partition coefficient (Wildman–Crippen LogP) is 3.51. The van der Waals surface area contributed by atoms with Crippen molar-refractivity contribution in [1.29, 1.82) is 0 Å². The molecule has 0 amide bonds. The molecule has 0 aliphatic rings. The second kappa shape index (κ2) is 7.29. The molecule has 0 unspecified atom stereocenters. The van der Waals surface area contributed by atoms with Crippen molar-refractivity contribution >= 4 is 27.3 Å². The van der Waals surface area contributed by atoms with Crippen LogP contribution in [0.2, 0.25) is 5.02 Å². The van der Waals surface area contributed by atoms with Gasteiger partial charge in [-0.05, 0) is 38.5 Å². The number of unbranched alkanes of at least 4 members (excludes halogenated alkanes) is 2. The van der Waals surface area contributed by atoms with E-state index in [1.165, 1.54) is 16.4 Å². The van der Waals surface area contributed by atoms with Gasteiger partial charge in [0.15, 0.2) is 0 Å². The molecule has 0 aliphatic carbocycles. The molecular weight excluding hydrogens is 296 g/mol. The molecule has 0 fully saturated rings. The summed E-state index contributed by atoms with van der Waals surface area (Å²) >= 11 is 5.82. The molecule has 0 radical (unpaired) electrons. The minimum atomic E-state index is -3.58. The summed E-state index contributed by atoms with van der Waals surface area (Å²) in [6.07, 6.45) is 2.91.